The number of carbonyl (C=O) groups excluding carboxylic acids is 1. The molecule has 0 aliphatic heterocycles. The number of hydrogen-bond donors (Lipinski definition) is 0. The van der Waals surface area contributed by atoms with Gasteiger partial charge in [0.2, 0.25) is 0 Å². The maximum Gasteiger partial charge on any atom is 0.455 e. The van der Waals surface area contributed by atoms with Crippen LogP contribution < -0.4 is 0 Å². The van der Waals surface area contributed by atoms with Crippen molar-refractivity contribution < 1.29 is 9.22 Å². The second-order valence-electron chi connectivity index (χ2n) is 1.72. The molecule has 2 nitrogen and oxygen atoms in total. The van der Waals surface area contributed by atoms with Crippen LogP contribution in [0.15, 0.2) is 12.7 Å². The minimum Gasteiger partial charge on any atom is -0.492 e. The molecule has 0 unspecified atom stereocenters. The van der Waals surface area contributed by atoms with Gasteiger partial charge in [0.25, 0.3) is 5.97 Å². The summed E-state index contributed by atoms with van der Waals surface area (Å²) in [6.07, 6.45) is 1.54. The Kier molecular flexibility index (Phi) is 4.01. The van der Waals surface area contributed by atoms with E-state index in [2.05, 4.69) is 11.0 Å². The molecule has 0 spiro atoms. The van der Waals surface area contributed by atoms with Gasteiger partial charge >= 0.3 is 6.94 Å². The van der Waals surface area contributed by atoms with Gasteiger partial charge in [-0.25, -0.2) is 0 Å². The molecule has 58 valence electrons. The number of carbonyl (C=O) groups is 1. The first-order chi connectivity index (χ1) is 4.48. The molecule has 0 saturated carbocycles. The quantitative estimate of drug-likeness (QED) is 0.395. The summed E-state index contributed by atoms with van der Waals surface area (Å²) in [6.45, 7) is 1.91. The predicted octanol–water partition coefficient (Wildman–Crippen LogP) is 2.15. The summed E-state index contributed by atoms with van der Waals surface area (Å²) >= 11 is 11.2. The van der Waals surface area contributed by atoms with Crippen LogP contribution in [0.25, 0.3) is 0 Å². The first kappa shape index (κ1) is 10.0. The summed E-state index contributed by atoms with van der Waals surface area (Å²) in [4.78, 5) is 10.3. The van der Waals surface area contributed by atoms with Crippen molar-refractivity contribution in [2.75, 3.05) is 0 Å². The maximum atomic E-state index is 10.3. The van der Waals surface area contributed by atoms with Gasteiger partial charge in [0.15, 0.2) is 0 Å². The zero-order chi connectivity index (χ0) is 8.20. The zero-order valence-electron chi connectivity index (χ0n) is 5.56. The Morgan fingerprint density at radius 2 is 2.30 bits per heavy atom. The summed E-state index contributed by atoms with van der Waals surface area (Å²) in [5, 5.41) is 0. The van der Waals surface area contributed by atoms with Crippen molar-refractivity contribution in [2.45, 2.75) is 13.0 Å². The van der Waals surface area contributed by atoms with Crippen molar-refractivity contribution >= 4 is 35.1 Å². The highest BCUT2D eigenvalue weighted by Gasteiger charge is 2.31. The summed E-state index contributed by atoms with van der Waals surface area (Å²) in [7, 11) is 0. The van der Waals surface area contributed by atoms with Gasteiger partial charge in [0, 0.05) is 13.0 Å². The van der Waals surface area contributed by atoms with E-state index in [0.717, 1.165) is 0 Å². The lowest BCUT2D eigenvalue weighted by atomic mass is 10.8. The molecular weight excluding hydrogens is 191 g/mol. The molecule has 0 radical (unpaired) electrons. The normalized spacial score (nSPS) is 10.7. The largest absolute Gasteiger partial charge is 0.492 e. The summed E-state index contributed by atoms with van der Waals surface area (Å²) in [5.41, 5.74) is 0. The van der Waals surface area contributed by atoms with Gasteiger partial charge < -0.3 is 4.43 Å². The Balaban J connectivity index is 3.85. The molecule has 0 aromatic rings. The van der Waals surface area contributed by atoms with E-state index in [1.165, 1.54) is 13.0 Å². The highest BCUT2D eigenvalue weighted by atomic mass is 35.7. The average Bonchev–Trinajstić information content (AvgIpc) is 1.59. The van der Waals surface area contributed by atoms with Gasteiger partial charge in [-0.2, -0.15) is 0 Å². The summed E-state index contributed by atoms with van der Waals surface area (Å²) in [6, 6.07) is 0.357. The van der Waals surface area contributed by atoms with E-state index in [0.29, 0.717) is 6.04 Å². The summed E-state index contributed by atoms with van der Waals surface area (Å²) < 4.78 is 4.64. The van der Waals surface area contributed by atoms with Crippen molar-refractivity contribution in [3.8, 4) is 0 Å². The van der Waals surface area contributed by atoms with Crippen LogP contribution in [0.1, 0.15) is 6.92 Å². The van der Waals surface area contributed by atoms with E-state index < -0.39 is 12.9 Å². The molecule has 0 aliphatic carbocycles. The fourth-order valence-corrected chi connectivity index (χ4v) is 2.57. The minimum atomic E-state index is -2.79. The van der Waals surface area contributed by atoms with Crippen molar-refractivity contribution in [3.05, 3.63) is 12.7 Å². The van der Waals surface area contributed by atoms with E-state index in [1.807, 2.05) is 0 Å². The van der Waals surface area contributed by atoms with Crippen LogP contribution in [-0.2, 0) is 9.22 Å². The van der Waals surface area contributed by atoms with E-state index in [1.54, 1.807) is 0 Å². The van der Waals surface area contributed by atoms with Crippen molar-refractivity contribution in [2.24, 2.45) is 0 Å². The molecule has 0 aliphatic rings. The van der Waals surface area contributed by atoms with Crippen LogP contribution in [0.2, 0.25) is 6.04 Å². The number of halogens is 2. The van der Waals surface area contributed by atoms with Crippen molar-refractivity contribution in [1.82, 2.24) is 0 Å². The van der Waals surface area contributed by atoms with Gasteiger partial charge in [0.1, 0.15) is 0 Å². The molecule has 0 aromatic carbocycles. The highest BCUT2D eigenvalue weighted by Crippen LogP contribution is 2.21. The maximum absolute atomic E-state index is 10.3. The molecule has 10 heavy (non-hydrogen) atoms. The zero-order valence-corrected chi connectivity index (χ0v) is 8.08. The lowest BCUT2D eigenvalue weighted by Crippen LogP contribution is -2.25. The Labute approximate surface area is 70.3 Å². The first-order valence-corrected chi connectivity index (χ1v) is 6.80. The minimum absolute atomic E-state index is 0.357. The molecule has 0 atom stereocenters. The smallest absolute Gasteiger partial charge is 0.455 e. The lowest BCUT2D eigenvalue weighted by Gasteiger charge is -2.12. The third-order valence-corrected chi connectivity index (χ3v) is 3.41. The second kappa shape index (κ2) is 4.01. The van der Waals surface area contributed by atoms with Gasteiger partial charge in [0.05, 0.1) is 0 Å². The first-order valence-electron chi connectivity index (χ1n) is 2.66. The topological polar surface area (TPSA) is 26.3 Å². The SMILES string of the molecule is C=CC[Si](Cl)(Cl)OC(C)=O. The van der Waals surface area contributed by atoms with E-state index in [9.17, 15) is 4.79 Å². The third kappa shape index (κ3) is 4.85. The van der Waals surface area contributed by atoms with Gasteiger partial charge in [-0.3, -0.25) is 4.79 Å². The monoisotopic (exact) mass is 198 g/mol. The van der Waals surface area contributed by atoms with Crippen molar-refractivity contribution in [3.63, 3.8) is 0 Å². The van der Waals surface area contributed by atoms with Crippen LogP contribution in [0.5, 0.6) is 0 Å². The molecular formula is C5H8Cl2O2Si. The lowest BCUT2D eigenvalue weighted by molar-refractivity contribution is -0.132. The van der Waals surface area contributed by atoms with Crippen LogP contribution in [0.4, 0.5) is 0 Å². The van der Waals surface area contributed by atoms with Crippen LogP contribution >= 0.6 is 22.2 Å². The molecule has 0 amide bonds. The van der Waals surface area contributed by atoms with Gasteiger partial charge in [-0.1, -0.05) is 28.2 Å². The molecule has 0 saturated heterocycles. The number of rotatable bonds is 3. The standard InChI is InChI=1S/C5H8Cl2O2Si/c1-3-4-10(6,7)9-5(2)8/h3H,1,4H2,2H3. The molecule has 0 fully saturated rings. The number of hydrogen-bond acceptors (Lipinski definition) is 2. The summed E-state index contributed by atoms with van der Waals surface area (Å²) in [5.74, 6) is -0.446. The Morgan fingerprint density at radius 1 is 1.80 bits per heavy atom. The fourth-order valence-electron chi connectivity index (χ4n) is 0.420. The Morgan fingerprint density at radius 3 is 2.60 bits per heavy atom. The molecule has 0 bridgehead atoms. The number of allylic oxidation sites excluding steroid dienone is 1. The molecule has 5 heteroatoms. The highest BCUT2D eigenvalue weighted by molar-refractivity contribution is 7.42. The molecule has 0 aromatic heterocycles. The van der Waals surface area contributed by atoms with Crippen LogP contribution in [-0.4, -0.2) is 12.9 Å². The van der Waals surface area contributed by atoms with Gasteiger partial charge in [-0.05, 0) is 0 Å². The van der Waals surface area contributed by atoms with E-state index >= 15 is 0 Å². The van der Waals surface area contributed by atoms with E-state index in [4.69, 9.17) is 22.2 Å². The van der Waals surface area contributed by atoms with Gasteiger partial charge in [-0.15, -0.1) is 6.58 Å². The molecule has 0 N–H and O–H groups in total. The van der Waals surface area contributed by atoms with Crippen molar-refractivity contribution in [1.29, 1.82) is 0 Å². The van der Waals surface area contributed by atoms with E-state index in [-0.39, 0.29) is 0 Å². The Hall–Kier alpha value is 0.00688. The van der Waals surface area contributed by atoms with Crippen LogP contribution in [0.3, 0.4) is 0 Å². The molecule has 0 heterocycles. The average molecular weight is 199 g/mol. The fraction of sp³-hybridized carbons (Fsp3) is 0.400. The second-order valence-corrected chi connectivity index (χ2v) is 7.85. The van der Waals surface area contributed by atoms with Crippen LogP contribution in [0, 0.1) is 0 Å². The predicted molar refractivity (Wildman–Crippen MR) is 44.2 cm³/mol. The molecule has 0 rings (SSSR count). The third-order valence-electron chi connectivity index (χ3n) is 0.675. The Bertz CT molecular complexity index is 147.